The molecule has 3 unspecified atom stereocenters. The normalized spacial score (nSPS) is 17.1. The molecule has 3 rings (SSSR count). The van der Waals surface area contributed by atoms with Gasteiger partial charge in [0.2, 0.25) is 5.91 Å². The number of terminal acetylenes is 1. The van der Waals surface area contributed by atoms with Crippen LogP contribution in [0.15, 0.2) is 48.5 Å². The maximum absolute atomic E-state index is 13.5. The zero-order chi connectivity index (χ0) is 32.8. The number of unbranched alkanes of at least 4 members (excludes halogenated alkanes) is 1. The molecule has 1 saturated heterocycles. The Morgan fingerprint density at radius 2 is 1.58 bits per heavy atom. The summed E-state index contributed by atoms with van der Waals surface area (Å²) < 4.78 is 32.4. The van der Waals surface area contributed by atoms with Crippen molar-refractivity contribution in [3.63, 3.8) is 0 Å². The molecule has 1 heterocycles. The predicted molar refractivity (Wildman–Crippen MR) is 177 cm³/mol. The van der Waals surface area contributed by atoms with Crippen molar-refractivity contribution in [1.29, 1.82) is 5.26 Å². The van der Waals surface area contributed by atoms with E-state index in [1.54, 1.807) is 14.2 Å². The van der Waals surface area contributed by atoms with Crippen LogP contribution in [0.5, 0.6) is 11.5 Å². The first-order valence-corrected chi connectivity index (χ1v) is 16.7. The van der Waals surface area contributed by atoms with Crippen molar-refractivity contribution >= 4 is 14.4 Å². The van der Waals surface area contributed by atoms with Gasteiger partial charge >= 0.3 is 0 Å². The number of rotatable bonds is 18. The molecule has 244 valence electrons. The third-order valence-corrected chi connectivity index (χ3v) is 9.78. The van der Waals surface area contributed by atoms with Gasteiger partial charge in [0, 0.05) is 31.5 Å². The van der Waals surface area contributed by atoms with Crippen LogP contribution in [0.2, 0.25) is 0 Å². The zero-order valence-electron chi connectivity index (χ0n) is 27.5. The van der Waals surface area contributed by atoms with Crippen molar-refractivity contribution in [2.24, 2.45) is 0 Å². The minimum atomic E-state index is -1.45. The molecule has 2 aromatic carbocycles. The fourth-order valence-electron chi connectivity index (χ4n) is 5.47. The Balaban J connectivity index is 1.85. The summed E-state index contributed by atoms with van der Waals surface area (Å²) in [6.07, 6.45) is 7.27. The number of amides is 1. The number of carbonyl (C=O) groups is 1. The average molecular weight is 638 g/mol. The zero-order valence-corrected chi connectivity index (χ0v) is 28.4. The highest BCUT2D eigenvalue weighted by Gasteiger charge is 2.39. The standard InChI is InChI=1S/C35H48N3O6P/c1-8-9-10-12-34(39)37-24-33(44-45(43-22-11-21-36)38(26(2)3)27(4)5)23-30(37)25-42-35(28-13-17-31(40-6)18-14-28)29-15-19-32(41-7)20-16-29/h1,13-20,26-27,30,33,35H,9-12,22-25H2,2-7H3. The molecule has 9 nitrogen and oxygen atoms in total. The van der Waals surface area contributed by atoms with Gasteiger partial charge in [-0.3, -0.25) is 4.79 Å². The Bertz CT molecular complexity index is 1200. The number of methoxy groups -OCH3 is 2. The van der Waals surface area contributed by atoms with Crippen molar-refractivity contribution in [3.8, 4) is 29.9 Å². The van der Waals surface area contributed by atoms with Gasteiger partial charge in [0.15, 0.2) is 0 Å². The van der Waals surface area contributed by atoms with Gasteiger partial charge in [0.1, 0.15) is 17.6 Å². The number of hydrogen-bond acceptors (Lipinski definition) is 8. The summed E-state index contributed by atoms with van der Waals surface area (Å²) in [6.45, 7) is 9.47. The maximum Gasteiger partial charge on any atom is 0.259 e. The van der Waals surface area contributed by atoms with Gasteiger partial charge in [-0.1, -0.05) is 24.3 Å². The first-order chi connectivity index (χ1) is 21.7. The van der Waals surface area contributed by atoms with Crippen LogP contribution in [-0.2, 0) is 18.6 Å². The van der Waals surface area contributed by atoms with Crippen LogP contribution in [0.1, 0.15) is 77.0 Å². The highest BCUT2D eigenvalue weighted by Crippen LogP contribution is 2.48. The molecule has 0 radical (unpaired) electrons. The lowest BCUT2D eigenvalue weighted by Crippen LogP contribution is -2.39. The number of likely N-dealkylation sites (tertiary alicyclic amines) is 1. The summed E-state index contributed by atoms with van der Waals surface area (Å²) in [5, 5.41) is 9.10. The fourth-order valence-corrected chi connectivity index (χ4v) is 7.18. The Kier molecular flexibility index (Phi) is 15.1. The molecular weight excluding hydrogens is 589 g/mol. The smallest absolute Gasteiger partial charge is 0.259 e. The third-order valence-electron chi connectivity index (χ3n) is 7.60. The molecule has 0 bridgehead atoms. The number of hydrogen-bond donors (Lipinski definition) is 0. The fraction of sp³-hybridized carbons (Fsp3) is 0.543. The van der Waals surface area contributed by atoms with Crippen LogP contribution in [-0.4, -0.2) is 73.7 Å². The van der Waals surface area contributed by atoms with E-state index in [4.69, 9.17) is 34.9 Å². The van der Waals surface area contributed by atoms with E-state index >= 15 is 0 Å². The molecule has 0 N–H and O–H groups in total. The van der Waals surface area contributed by atoms with Crippen molar-refractivity contribution in [2.75, 3.05) is 34.0 Å². The minimum absolute atomic E-state index is 0.0368. The molecule has 2 aromatic rings. The second-order valence-electron chi connectivity index (χ2n) is 11.5. The largest absolute Gasteiger partial charge is 0.497 e. The number of carbonyl (C=O) groups excluding carboxylic acids is 1. The van der Waals surface area contributed by atoms with Gasteiger partial charge in [-0.15, -0.1) is 12.3 Å². The maximum atomic E-state index is 13.5. The molecule has 1 fully saturated rings. The SMILES string of the molecule is C#CCCCC(=O)N1CC(OP(OCCC#N)N(C(C)C)C(C)C)CC1COC(c1ccc(OC)cc1)c1ccc(OC)cc1. The quantitative estimate of drug-likeness (QED) is 0.0993. The summed E-state index contributed by atoms with van der Waals surface area (Å²) in [5.74, 6) is 4.19. The topological polar surface area (TPSA) is 93.5 Å². The van der Waals surface area contributed by atoms with Gasteiger partial charge in [-0.25, -0.2) is 4.67 Å². The van der Waals surface area contributed by atoms with Crippen molar-refractivity contribution in [1.82, 2.24) is 9.57 Å². The second-order valence-corrected chi connectivity index (χ2v) is 12.9. The molecule has 0 saturated carbocycles. The molecule has 1 aliphatic rings. The molecule has 1 aliphatic heterocycles. The summed E-state index contributed by atoms with van der Waals surface area (Å²) in [4.78, 5) is 15.4. The van der Waals surface area contributed by atoms with Crippen LogP contribution in [0.25, 0.3) is 0 Å². The number of benzene rings is 2. The van der Waals surface area contributed by atoms with Gasteiger partial charge in [0.25, 0.3) is 8.53 Å². The Hall–Kier alpha value is -3.17. The highest BCUT2D eigenvalue weighted by atomic mass is 31.2. The Morgan fingerprint density at radius 3 is 2.07 bits per heavy atom. The molecule has 45 heavy (non-hydrogen) atoms. The van der Waals surface area contributed by atoms with Gasteiger partial charge in [-0.05, 0) is 75.9 Å². The van der Waals surface area contributed by atoms with Gasteiger partial charge < -0.3 is 28.2 Å². The van der Waals surface area contributed by atoms with Crippen molar-refractivity contribution < 1.29 is 28.1 Å². The van der Waals surface area contributed by atoms with E-state index in [2.05, 4.69) is 44.4 Å². The molecule has 0 spiro atoms. The first kappa shape index (κ1) is 36.3. The molecule has 1 amide bonds. The molecule has 0 aromatic heterocycles. The Labute approximate surface area is 270 Å². The number of nitriles is 1. The van der Waals surface area contributed by atoms with E-state index in [0.29, 0.717) is 38.8 Å². The van der Waals surface area contributed by atoms with Crippen LogP contribution < -0.4 is 9.47 Å². The summed E-state index contributed by atoms with van der Waals surface area (Å²) >= 11 is 0. The molecule has 0 aliphatic carbocycles. The second kappa shape index (κ2) is 18.7. The van der Waals surface area contributed by atoms with Crippen LogP contribution >= 0.6 is 8.53 Å². The molecular formula is C35H48N3O6P. The van der Waals surface area contributed by atoms with E-state index in [9.17, 15) is 4.79 Å². The molecule has 3 atom stereocenters. The lowest BCUT2D eigenvalue weighted by Gasteiger charge is -2.36. The van der Waals surface area contributed by atoms with E-state index in [1.807, 2.05) is 53.4 Å². The summed E-state index contributed by atoms with van der Waals surface area (Å²) in [5.41, 5.74) is 1.94. The van der Waals surface area contributed by atoms with Gasteiger partial charge in [-0.2, -0.15) is 5.26 Å². The average Bonchev–Trinajstić information content (AvgIpc) is 3.44. The minimum Gasteiger partial charge on any atom is -0.497 e. The third kappa shape index (κ3) is 10.7. The van der Waals surface area contributed by atoms with Crippen molar-refractivity contribution in [3.05, 3.63) is 59.7 Å². The first-order valence-electron chi connectivity index (χ1n) is 15.6. The summed E-state index contributed by atoms with van der Waals surface area (Å²) in [7, 11) is 1.84. The van der Waals surface area contributed by atoms with E-state index in [1.165, 1.54) is 0 Å². The van der Waals surface area contributed by atoms with E-state index in [0.717, 1.165) is 22.6 Å². The summed E-state index contributed by atoms with van der Waals surface area (Å²) in [6, 6.07) is 17.9. The van der Waals surface area contributed by atoms with E-state index < -0.39 is 8.53 Å². The molecule has 10 heteroatoms. The lowest BCUT2D eigenvalue weighted by molar-refractivity contribution is -0.133. The number of nitrogens with zero attached hydrogens (tertiary/aromatic N) is 3. The highest BCUT2D eigenvalue weighted by molar-refractivity contribution is 7.44. The van der Waals surface area contributed by atoms with Crippen LogP contribution in [0.3, 0.4) is 0 Å². The van der Waals surface area contributed by atoms with E-state index in [-0.39, 0.29) is 49.3 Å². The van der Waals surface area contributed by atoms with Gasteiger partial charge in [0.05, 0.1) is 52.1 Å². The number of ether oxygens (including phenoxy) is 3. The monoisotopic (exact) mass is 637 g/mol. The van der Waals surface area contributed by atoms with Crippen LogP contribution in [0, 0.1) is 23.7 Å². The van der Waals surface area contributed by atoms with Crippen LogP contribution in [0.4, 0.5) is 0 Å². The Morgan fingerprint density at radius 1 is 1.00 bits per heavy atom. The lowest BCUT2D eigenvalue weighted by atomic mass is 10.0. The van der Waals surface area contributed by atoms with Crippen molar-refractivity contribution in [2.45, 2.75) is 90.1 Å². The predicted octanol–water partition coefficient (Wildman–Crippen LogP) is 6.88.